The maximum atomic E-state index is 4.63. The van der Waals surface area contributed by atoms with Crippen LogP contribution in [0.1, 0.15) is 19.4 Å². The summed E-state index contributed by atoms with van der Waals surface area (Å²) in [5, 5.41) is 3.28. The second-order valence-corrected chi connectivity index (χ2v) is 5.54. The fraction of sp³-hybridized carbons (Fsp3) is 0.375. The van der Waals surface area contributed by atoms with Crippen molar-refractivity contribution < 1.29 is 0 Å². The highest BCUT2D eigenvalue weighted by molar-refractivity contribution is 5.67. The minimum Gasteiger partial charge on any atom is -0.354 e. The topological polar surface area (TPSA) is 41.1 Å². The Morgan fingerprint density at radius 2 is 2.10 bits per heavy atom. The minimum atomic E-state index is 0.578. The van der Waals surface area contributed by atoms with Crippen LogP contribution in [0, 0.1) is 5.92 Å². The van der Waals surface area contributed by atoms with E-state index in [1.165, 1.54) is 11.3 Å². The molecular formula is C16H20N4. The minimum absolute atomic E-state index is 0.578. The first-order chi connectivity index (χ1) is 9.74. The summed E-state index contributed by atoms with van der Waals surface area (Å²) in [6, 6.07) is 10.5. The quantitative estimate of drug-likeness (QED) is 0.924. The molecule has 0 aliphatic carbocycles. The lowest BCUT2D eigenvalue weighted by molar-refractivity contribution is 0.684. The Hall–Kier alpha value is -2.10. The zero-order valence-electron chi connectivity index (χ0n) is 12.0. The Morgan fingerprint density at radius 3 is 2.95 bits per heavy atom. The van der Waals surface area contributed by atoms with Gasteiger partial charge in [0.1, 0.15) is 5.82 Å². The summed E-state index contributed by atoms with van der Waals surface area (Å²) in [4.78, 5) is 11.2. The van der Waals surface area contributed by atoms with Gasteiger partial charge in [-0.3, -0.25) is 0 Å². The lowest BCUT2D eigenvalue weighted by atomic mass is 10.2. The molecule has 104 valence electrons. The molecular weight excluding hydrogens is 248 g/mol. The van der Waals surface area contributed by atoms with Crippen LogP contribution in [0.25, 0.3) is 0 Å². The molecule has 2 heterocycles. The Balaban J connectivity index is 1.83. The number of para-hydroxylation sites is 1. The first-order valence-corrected chi connectivity index (χ1v) is 7.16. The molecule has 2 aromatic rings. The predicted octanol–water partition coefficient (Wildman–Crippen LogP) is 3.24. The Bertz CT molecular complexity index is 595. The van der Waals surface area contributed by atoms with Gasteiger partial charge in [0.05, 0.1) is 0 Å². The number of rotatable bonds is 4. The third kappa shape index (κ3) is 2.59. The molecule has 4 nitrogen and oxygen atoms in total. The molecule has 0 saturated heterocycles. The van der Waals surface area contributed by atoms with Gasteiger partial charge in [0, 0.05) is 25.0 Å². The van der Waals surface area contributed by atoms with Crippen LogP contribution in [0.2, 0.25) is 0 Å². The highest BCUT2D eigenvalue weighted by Crippen LogP contribution is 2.33. The van der Waals surface area contributed by atoms with Crippen LogP contribution in [0.5, 0.6) is 0 Å². The van der Waals surface area contributed by atoms with E-state index in [-0.39, 0.29) is 0 Å². The van der Waals surface area contributed by atoms with Crippen LogP contribution in [0.3, 0.4) is 0 Å². The van der Waals surface area contributed by atoms with E-state index in [1.54, 1.807) is 0 Å². The molecule has 0 amide bonds. The number of benzene rings is 1. The van der Waals surface area contributed by atoms with E-state index in [9.17, 15) is 0 Å². The maximum Gasteiger partial charge on any atom is 0.224 e. The highest BCUT2D eigenvalue weighted by Gasteiger charge is 2.20. The summed E-state index contributed by atoms with van der Waals surface area (Å²) in [5.74, 6) is 2.26. The Labute approximate surface area is 119 Å². The number of hydrogen-bond donors (Lipinski definition) is 1. The molecule has 4 heteroatoms. The van der Waals surface area contributed by atoms with Crippen LogP contribution < -0.4 is 10.2 Å². The normalized spacial score (nSPS) is 13.7. The van der Waals surface area contributed by atoms with Crippen molar-refractivity contribution in [3.8, 4) is 0 Å². The fourth-order valence-electron chi connectivity index (χ4n) is 2.46. The van der Waals surface area contributed by atoms with E-state index in [0.29, 0.717) is 11.9 Å². The molecule has 3 rings (SSSR count). The molecule has 20 heavy (non-hydrogen) atoms. The van der Waals surface area contributed by atoms with Crippen LogP contribution in [-0.4, -0.2) is 23.1 Å². The van der Waals surface area contributed by atoms with E-state index in [2.05, 4.69) is 58.3 Å². The number of hydrogen-bond acceptors (Lipinski definition) is 4. The largest absolute Gasteiger partial charge is 0.354 e. The van der Waals surface area contributed by atoms with Gasteiger partial charge in [-0.05, 0) is 30.0 Å². The molecule has 0 radical (unpaired) electrons. The number of anilines is 3. The van der Waals surface area contributed by atoms with E-state index in [4.69, 9.17) is 0 Å². The second-order valence-electron chi connectivity index (χ2n) is 5.54. The van der Waals surface area contributed by atoms with Crippen LogP contribution in [0.15, 0.2) is 36.5 Å². The average molecular weight is 268 g/mol. The van der Waals surface area contributed by atoms with Crippen molar-refractivity contribution >= 4 is 17.5 Å². The van der Waals surface area contributed by atoms with Gasteiger partial charge in [-0.1, -0.05) is 32.0 Å². The van der Waals surface area contributed by atoms with Crippen molar-refractivity contribution in [1.82, 2.24) is 9.97 Å². The van der Waals surface area contributed by atoms with Gasteiger partial charge < -0.3 is 10.2 Å². The molecule has 0 bridgehead atoms. The van der Waals surface area contributed by atoms with E-state index in [0.717, 1.165) is 25.3 Å². The summed E-state index contributed by atoms with van der Waals surface area (Å²) < 4.78 is 0. The standard InChI is InChI=1S/C16H20N4/c1-12(2)11-18-16-17-9-7-15(19-16)20-10-8-13-5-3-4-6-14(13)20/h3-7,9,12H,8,10-11H2,1-2H3,(H,17,18,19). The van der Waals surface area contributed by atoms with Gasteiger partial charge >= 0.3 is 0 Å². The van der Waals surface area contributed by atoms with Crippen molar-refractivity contribution in [2.75, 3.05) is 23.3 Å². The molecule has 0 atom stereocenters. The monoisotopic (exact) mass is 268 g/mol. The molecule has 0 saturated carbocycles. The molecule has 0 fully saturated rings. The summed E-state index contributed by atoms with van der Waals surface area (Å²) in [6.07, 6.45) is 2.90. The lowest BCUT2D eigenvalue weighted by Crippen LogP contribution is -2.17. The molecule has 1 aliphatic heterocycles. The fourth-order valence-corrected chi connectivity index (χ4v) is 2.46. The van der Waals surface area contributed by atoms with E-state index in [1.807, 2.05) is 12.3 Å². The average Bonchev–Trinajstić information content (AvgIpc) is 2.89. The number of nitrogens with zero attached hydrogens (tertiary/aromatic N) is 3. The number of nitrogens with one attached hydrogen (secondary N) is 1. The Morgan fingerprint density at radius 1 is 1.25 bits per heavy atom. The first kappa shape index (κ1) is 12.9. The molecule has 1 N–H and O–H groups in total. The summed E-state index contributed by atoms with van der Waals surface area (Å²) in [7, 11) is 0. The van der Waals surface area contributed by atoms with Gasteiger partial charge in [0.15, 0.2) is 0 Å². The summed E-state index contributed by atoms with van der Waals surface area (Å²) >= 11 is 0. The zero-order valence-corrected chi connectivity index (χ0v) is 12.0. The van der Waals surface area contributed by atoms with Crippen molar-refractivity contribution in [2.45, 2.75) is 20.3 Å². The second kappa shape index (κ2) is 5.49. The molecule has 0 spiro atoms. The zero-order chi connectivity index (χ0) is 13.9. The number of aromatic nitrogens is 2. The first-order valence-electron chi connectivity index (χ1n) is 7.16. The third-order valence-electron chi connectivity index (χ3n) is 3.47. The van der Waals surface area contributed by atoms with Crippen molar-refractivity contribution in [2.24, 2.45) is 5.92 Å². The molecule has 1 aromatic carbocycles. The smallest absolute Gasteiger partial charge is 0.224 e. The van der Waals surface area contributed by atoms with Gasteiger partial charge in [0.2, 0.25) is 5.95 Å². The highest BCUT2D eigenvalue weighted by atomic mass is 15.2. The van der Waals surface area contributed by atoms with Gasteiger partial charge in [-0.15, -0.1) is 0 Å². The van der Waals surface area contributed by atoms with Gasteiger partial charge in [-0.25, -0.2) is 4.98 Å². The van der Waals surface area contributed by atoms with E-state index < -0.39 is 0 Å². The molecule has 1 aliphatic rings. The lowest BCUT2D eigenvalue weighted by Gasteiger charge is -2.19. The van der Waals surface area contributed by atoms with Crippen molar-refractivity contribution in [3.05, 3.63) is 42.1 Å². The SMILES string of the molecule is CC(C)CNc1nccc(N2CCc3ccccc32)n1. The third-order valence-corrected chi connectivity index (χ3v) is 3.47. The van der Waals surface area contributed by atoms with E-state index >= 15 is 0 Å². The van der Waals surface area contributed by atoms with Gasteiger partial charge in [-0.2, -0.15) is 4.98 Å². The van der Waals surface area contributed by atoms with Crippen LogP contribution in [-0.2, 0) is 6.42 Å². The van der Waals surface area contributed by atoms with Gasteiger partial charge in [0.25, 0.3) is 0 Å². The maximum absolute atomic E-state index is 4.63. The number of fused-ring (bicyclic) bond motifs is 1. The van der Waals surface area contributed by atoms with Crippen molar-refractivity contribution in [3.63, 3.8) is 0 Å². The van der Waals surface area contributed by atoms with Crippen LogP contribution in [0.4, 0.5) is 17.5 Å². The summed E-state index contributed by atoms with van der Waals surface area (Å²) in [6.45, 7) is 6.22. The van der Waals surface area contributed by atoms with Crippen LogP contribution >= 0.6 is 0 Å². The molecule has 1 aromatic heterocycles. The summed E-state index contributed by atoms with van der Waals surface area (Å²) in [5.41, 5.74) is 2.66. The predicted molar refractivity (Wildman–Crippen MR) is 82.5 cm³/mol. The molecule has 0 unspecified atom stereocenters. The van der Waals surface area contributed by atoms with Crippen molar-refractivity contribution in [1.29, 1.82) is 0 Å². The Kier molecular flexibility index (Phi) is 3.54.